The number of H-pyrrole nitrogens is 1. The molecule has 0 saturated carbocycles. The van der Waals surface area contributed by atoms with Gasteiger partial charge in [0.1, 0.15) is 5.69 Å². The highest BCUT2D eigenvalue weighted by Crippen LogP contribution is 2.05. The summed E-state index contributed by atoms with van der Waals surface area (Å²) in [5.41, 5.74) is 7.04. The van der Waals surface area contributed by atoms with E-state index < -0.39 is 5.91 Å². The number of rotatable bonds is 4. The first kappa shape index (κ1) is 10.3. The van der Waals surface area contributed by atoms with Crippen LogP contribution in [0.25, 0.3) is 0 Å². The average molecular weight is 217 g/mol. The van der Waals surface area contributed by atoms with E-state index in [0.29, 0.717) is 12.1 Å². The standard InChI is InChI=1S/C10H11N5O/c11-10(16)9-8(13-3-4-14-9)2-1-7-5-12-6-15-7/h3-6H,1-2H2,(H2,11,16)(H,12,15). The van der Waals surface area contributed by atoms with Crippen LogP contribution in [-0.4, -0.2) is 25.8 Å². The highest BCUT2D eigenvalue weighted by molar-refractivity contribution is 5.91. The van der Waals surface area contributed by atoms with Crippen LogP contribution in [0.15, 0.2) is 24.9 Å². The quantitative estimate of drug-likeness (QED) is 0.757. The van der Waals surface area contributed by atoms with Gasteiger partial charge in [-0.3, -0.25) is 9.78 Å². The first-order valence-corrected chi connectivity index (χ1v) is 4.84. The van der Waals surface area contributed by atoms with E-state index in [1.807, 2.05) is 0 Å². The minimum atomic E-state index is -0.548. The van der Waals surface area contributed by atoms with Gasteiger partial charge in [-0.2, -0.15) is 0 Å². The second-order valence-electron chi connectivity index (χ2n) is 3.29. The van der Waals surface area contributed by atoms with E-state index >= 15 is 0 Å². The molecule has 0 bridgehead atoms. The first-order chi connectivity index (χ1) is 7.77. The van der Waals surface area contributed by atoms with Gasteiger partial charge in [0, 0.05) is 24.3 Å². The zero-order valence-corrected chi connectivity index (χ0v) is 8.55. The van der Waals surface area contributed by atoms with Gasteiger partial charge in [-0.05, 0) is 12.8 Å². The van der Waals surface area contributed by atoms with Gasteiger partial charge in [-0.15, -0.1) is 0 Å². The summed E-state index contributed by atoms with van der Waals surface area (Å²) in [5.74, 6) is -0.548. The molecule has 2 aromatic heterocycles. The van der Waals surface area contributed by atoms with Gasteiger partial charge in [0.05, 0.1) is 12.0 Å². The lowest BCUT2D eigenvalue weighted by molar-refractivity contribution is 0.0994. The van der Waals surface area contributed by atoms with Crippen molar-refractivity contribution >= 4 is 5.91 Å². The van der Waals surface area contributed by atoms with Crippen molar-refractivity contribution in [3.8, 4) is 0 Å². The monoisotopic (exact) mass is 217 g/mol. The van der Waals surface area contributed by atoms with Crippen LogP contribution in [0.3, 0.4) is 0 Å². The molecule has 6 heteroatoms. The van der Waals surface area contributed by atoms with E-state index in [2.05, 4.69) is 19.9 Å². The molecular formula is C10H11N5O. The number of aromatic amines is 1. The Labute approximate surface area is 92.0 Å². The third-order valence-electron chi connectivity index (χ3n) is 2.19. The predicted octanol–water partition coefficient (Wildman–Crippen LogP) is 0.0838. The highest BCUT2D eigenvalue weighted by atomic mass is 16.1. The van der Waals surface area contributed by atoms with E-state index in [-0.39, 0.29) is 5.69 Å². The van der Waals surface area contributed by atoms with E-state index in [1.54, 1.807) is 18.7 Å². The molecule has 0 saturated heterocycles. The van der Waals surface area contributed by atoms with Gasteiger partial charge in [0.25, 0.3) is 5.91 Å². The molecule has 2 aromatic rings. The van der Waals surface area contributed by atoms with Crippen LogP contribution >= 0.6 is 0 Å². The molecule has 1 amide bonds. The van der Waals surface area contributed by atoms with Gasteiger partial charge in [0.15, 0.2) is 0 Å². The van der Waals surface area contributed by atoms with Gasteiger partial charge < -0.3 is 10.7 Å². The molecule has 0 aromatic carbocycles. The van der Waals surface area contributed by atoms with Crippen LogP contribution in [0.2, 0.25) is 0 Å². The second kappa shape index (κ2) is 4.52. The topological polar surface area (TPSA) is 97.6 Å². The lowest BCUT2D eigenvalue weighted by Crippen LogP contribution is -2.17. The molecule has 0 aliphatic carbocycles. The zero-order valence-electron chi connectivity index (χ0n) is 8.55. The van der Waals surface area contributed by atoms with E-state index in [0.717, 1.165) is 12.1 Å². The number of hydrogen-bond acceptors (Lipinski definition) is 4. The molecule has 0 spiro atoms. The molecule has 0 aliphatic heterocycles. The minimum Gasteiger partial charge on any atom is -0.364 e. The van der Waals surface area contributed by atoms with Crippen molar-refractivity contribution in [2.45, 2.75) is 12.8 Å². The van der Waals surface area contributed by atoms with Crippen LogP contribution in [0.4, 0.5) is 0 Å². The summed E-state index contributed by atoms with van der Waals surface area (Å²) in [6.07, 6.45) is 7.68. The Morgan fingerprint density at radius 2 is 2.12 bits per heavy atom. The van der Waals surface area contributed by atoms with Gasteiger partial charge in [-0.1, -0.05) is 0 Å². The average Bonchev–Trinajstić information content (AvgIpc) is 2.79. The number of aromatic nitrogens is 4. The summed E-state index contributed by atoms with van der Waals surface area (Å²) in [6, 6.07) is 0. The van der Waals surface area contributed by atoms with Crippen LogP contribution < -0.4 is 5.73 Å². The molecule has 2 heterocycles. The number of hydrogen-bond donors (Lipinski definition) is 2. The molecule has 0 unspecified atom stereocenters. The van der Waals surface area contributed by atoms with Crippen molar-refractivity contribution in [3.05, 3.63) is 42.0 Å². The Morgan fingerprint density at radius 3 is 2.81 bits per heavy atom. The molecular weight excluding hydrogens is 206 g/mol. The number of imidazole rings is 1. The summed E-state index contributed by atoms with van der Waals surface area (Å²) in [5, 5.41) is 0. The Morgan fingerprint density at radius 1 is 1.31 bits per heavy atom. The largest absolute Gasteiger partial charge is 0.364 e. The van der Waals surface area contributed by atoms with E-state index in [4.69, 9.17) is 5.73 Å². The second-order valence-corrected chi connectivity index (χ2v) is 3.29. The van der Waals surface area contributed by atoms with Crippen LogP contribution in [0.5, 0.6) is 0 Å². The van der Waals surface area contributed by atoms with Crippen LogP contribution in [0.1, 0.15) is 21.9 Å². The molecule has 0 aliphatic rings. The number of amides is 1. The number of aryl methyl sites for hydroxylation is 2. The van der Waals surface area contributed by atoms with Crippen molar-refractivity contribution in [2.75, 3.05) is 0 Å². The third-order valence-corrected chi connectivity index (χ3v) is 2.19. The fourth-order valence-electron chi connectivity index (χ4n) is 1.43. The summed E-state index contributed by atoms with van der Waals surface area (Å²) >= 11 is 0. The van der Waals surface area contributed by atoms with Crippen LogP contribution in [-0.2, 0) is 12.8 Å². The normalized spacial score (nSPS) is 10.2. The van der Waals surface area contributed by atoms with Crippen molar-refractivity contribution in [1.29, 1.82) is 0 Å². The summed E-state index contributed by atoms with van der Waals surface area (Å²) in [7, 11) is 0. The molecule has 0 fully saturated rings. The lowest BCUT2D eigenvalue weighted by Gasteiger charge is -2.02. The molecule has 0 atom stereocenters. The maximum atomic E-state index is 11.1. The molecule has 2 rings (SSSR count). The SMILES string of the molecule is NC(=O)c1nccnc1CCc1cnc[nH]1. The number of nitrogens with zero attached hydrogens (tertiary/aromatic N) is 3. The van der Waals surface area contributed by atoms with E-state index in [1.165, 1.54) is 6.20 Å². The summed E-state index contributed by atoms with van der Waals surface area (Å²) in [6.45, 7) is 0. The number of carbonyl (C=O) groups excluding carboxylic acids is 1. The molecule has 3 N–H and O–H groups in total. The van der Waals surface area contributed by atoms with E-state index in [9.17, 15) is 4.79 Å². The Balaban J connectivity index is 2.12. The maximum Gasteiger partial charge on any atom is 0.269 e. The van der Waals surface area contributed by atoms with Gasteiger partial charge >= 0.3 is 0 Å². The number of carbonyl (C=O) groups is 1. The Hall–Kier alpha value is -2.24. The number of nitrogens with two attached hydrogens (primary N) is 1. The maximum absolute atomic E-state index is 11.1. The number of nitrogens with one attached hydrogen (secondary N) is 1. The lowest BCUT2D eigenvalue weighted by atomic mass is 10.1. The smallest absolute Gasteiger partial charge is 0.269 e. The molecule has 82 valence electrons. The van der Waals surface area contributed by atoms with Gasteiger partial charge in [-0.25, -0.2) is 9.97 Å². The van der Waals surface area contributed by atoms with Crippen molar-refractivity contribution in [2.24, 2.45) is 5.73 Å². The predicted molar refractivity (Wildman–Crippen MR) is 56.5 cm³/mol. The summed E-state index contributed by atoms with van der Waals surface area (Å²) < 4.78 is 0. The fourth-order valence-corrected chi connectivity index (χ4v) is 1.43. The number of primary amides is 1. The molecule has 16 heavy (non-hydrogen) atoms. The molecule has 6 nitrogen and oxygen atoms in total. The minimum absolute atomic E-state index is 0.238. The fraction of sp³-hybridized carbons (Fsp3) is 0.200. The van der Waals surface area contributed by atoms with Crippen LogP contribution in [0, 0.1) is 0 Å². The zero-order chi connectivity index (χ0) is 11.4. The van der Waals surface area contributed by atoms with Crippen molar-refractivity contribution < 1.29 is 4.79 Å². The highest BCUT2D eigenvalue weighted by Gasteiger charge is 2.10. The third kappa shape index (κ3) is 2.22. The molecule has 0 radical (unpaired) electrons. The Bertz CT molecular complexity index is 480. The Kier molecular flexibility index (Phi) is 2.90. The first-order valence-electron chi connectivity index (χ1n) is 4.84. The van der Waals surface area contributed by atoms with Gasteiger partial charge in [0.2, 0.25) is 0 Å². The van der Waals surface area contributed by atoms with Crippen molar-refractivity contribution in [3.63, 3.8) is 0 Å². The summed E-state index contributed by atoms with van der Waals surface area (Å²) in [4.78, 5) is 26.0. The van der Waals surface area contributed by atoms with Crippen molar-refractivity contribution in [1.82, 2.24) is 19.9 Å².